The van der Waals surface area contributed by atoms with Gasteiger partial charge in [0, 0.05) is 40.6 Å². The minimum atomic E-state index is -1.66. The summed E-state index contributed by atoms with van der Waals surface area (Å²) in [5.41, 5.74) is 0.285. The highest BCUT2D eigenvalue weighted by molar-refractivity contribution is 6.46. The molecule has 0 aromatic rings. The smallest absolute Gasteiger partial charge is 0.351 e. The van der Waals surface area contributed by atoms with Crippen LogP contribution in [0.5, 0.6) is 0 Å². The van der Waals surface area contributed by atoms with E-state index in [1.54, 1.807) is 14.2 Å². The molecule has 0 aromatic carbocycles. The SMILES string of the molecule is CCC(OCC1CO1)[SiH](OC)OC.CCO[SiH](C)OCC.CCO[SiH](OCC)C(CC)OCC1CO1. The number of hydrogen-bond donors (Lipinski definition) is 0. The van der Waals surface area contributed by atoms with Crippen molar-refractivity contribution in [1.29, 1.82) is 0 Å². The van der Waals surface area contributed by atoms with E-state index in [2.05, 4.69) is 13.8 Å². The predicted octanol–water partition coefficient (Wildman–Crippen LogP) is 2.16. The normalized spacial score (nSPS) is 20.0. The molecular weight excluding hydrogens is 521 g/mol. The van der Waals surface area contributed by atoms with E-state index in [-0.39, 0.29) is 11.5 Å². The first-order valence-corrected chi connectivity index (χ1v) is 18.7. The molecule has 2 heterocycles. The quantitative estimate of drug-likeness (QED) is 0.159. The minimum absolute atomic E-state index is 0.138. The van der Waals surface area contributed by atoms with Gasteiger partial charge in [0.05, 0.1) is 37.9 Å². The molecule has 0 amide bonds. The molecule has 0 saturated carbocycles. The molecule has 2 aliphatic rings. The molecule has 13 heteroatoms. The van der Waals surface area contributed by atoms with Gasteiger partial charge in [-0.2, -0.15) is 0 Å². The van der Waals surface area contributed by atoms with Crippen molar-refractivity contribution in [3.63, 3.8) is 0 Å². The van der Waals surface area contributed by atoms with Crippen molar-refractivity contribution >= 4 is 27.9 Å². The summed E-state index contributed by atoms with van der Waals surface area (Å²) >= 11 is 0. The highest BCUT2D eigenvalue weighted by atomic mass is 28.3. The molecule has 4 atom stereocenters. The third-order valence-corrected chi connectivity index (χ3v) is 11.5. The van der Waals surface area contributed by atoms with Crippen molar-refractivity contribution in [1.82, 2.24) is 0 Å². The maximum absolute atomic E-state index is 5.77. The van der Waals surface area contributed by atoms with Crippen LogP contribution in [0.3, 0.4) is 0 Å². The standard InChI is InChI=1S/C10H22O4Si.C8H18O4Si.C5H14O2Si/c1-4-10(12-8-9-7-11-9)15(13-5-2)14-6-3;1-4-8(13(9-2)10-3)12-6-7-5-11-7;1-4-6-8(3)7-5-2/h9-10,15H,4-8H2,1-3H3;7-8,13H,4-6H2,1-3H3;8H,4-5H2,1-3H3. The van der Waals surface area contributed by atoms with E-state index >= 15 is 0 Å². The lowest BCUT2D eigenvalue weighted by Crippen LogP contribution is -2.39. The third kappa shape index (κ3) is 19.3. The summed E-state index contributed by atoms with van der Waals surface area (Å²) in [4.78, 5) is 0. The van der Waals surface area contributed by atoms with Crippen molar-refractivity contribution < 1.29 is 45.5 Å². The van der Waals surface area contributed by atoms with Gasteiger partial charge in [0.25, 0.3) is 0 Å². The van der Waals surface area contributed by atoms with Crippen LogP contribution in [0, 0.1) is 0 Å². The Hall–Kier alpha value is 0.251. The fourth-order valence-corrected chi connectivity index (χ4v) is 7.40. The van der Waals surface area contributed by atoms with E-state index in [0.29, 0.717) is 38.6 Å². The zero-order valence-corrected chi connectivity index (χ0v) is 27.7. The zero-order valence-electron chi connectivity index (χ0n) is 24.2. The molecule has 0 aromatic heterocycles. The fraction of sp³-hybridized carbons (Fsp3) is 1.00. The Kier molecular flexibility index (Phi) is 24.5. The average molecular weight is 575 g/mol. The van der Waals surface area contributed by atoms with Gasteiger partial charge in [0.15, 0.2) is 0 Å². The summed E-state index contributed by atoms with van der Waals surface area (Å²) in [5.74, 6) is 0. The summed E-state index contributed by atoms with van der Waals surface area (Å²) in [5, 5.41) is 0. The Labute approximate surface area is 225 Å². The molecule has 0 aliphatic carbocycles. The van der Waals surface area contributed by atoms with E-state index in [1.807, 2.05) is 34.2 Å². The molecule has 0 spiro atoms. The maximum atomic E-state index is 5.77. The zero-order chi connectivity index (χ0) is 27.2. The Bertz CT molecular complexity index is 459. The molecule has 0 radical (unpaired) electrons. The highest BCUT2D eigenvalue weighted by Crippen LogP contribution is 2.14. The van der Waals surface area contributed by atoms with Gasteiger partial charge in [0.1, 0.15) is 12.2 Å². The van der Waals surface area contributed by atoms with Crippen molar-refractivity contribution in [2.24, 2.45) is 0 Å². The topological polar surface area (TPSA) is 98.9 Å². The van der Waals surface area contributed by atoms with E-state index in [4.69, 9.17) is 45.5 Å². The predicted molar refractivity (Wildman–Crippen MR) is 147 cm³/mol. The molecule has 0 N–H and O–H groups in total. The third-order valence-electron chi connectivity index (χ3n) is 5.14. The van der Waals surface area contributed by atoms with Crippen molar-refractivity contribution in [3.05, 3.63) is 0 Å². The Morgan fingerprint density at radius 2 is 1.00 bits per heavy atom. The Morgan fingerprint density at radius 1 is 0.639 bits per heavy atom. The van der Waals surface area contributed by atoms with Gasteiger partial charge < -0.3 is 45.5 Å². The van der Waals surface area contributed by atoms with Crippen LogP contribution < -0.4 is 0 Å². The van der Waals surface area contributed by atoms with E-state index in [1.165, 1.54) is 0 Å². The average Bonchev–Trinajstić information content (AvgIpc) is 3.79. The van der Waals surface area contributed by atoms with Crippen molar-refractivity contribution in [2.45, 2.75) is 84.6 Å². The van der Waals surface area contributed by atoms with E-state index in [9.17, 15) is 0 Å². The lowest BCUT2D eigenvalue weighted by atomic mass is 10.5. The molecule has 36 heavy (non-hydrogen) atoms. The summed E-state index contributed by atoms with van der Waals surface area (Å²) in [6.07, 6.45) is 2.52. The van der Waals surface area contributed by atoms with Gasteiger partial charge in [-0.15, -0.1) is 0 Å². The van der Waals surface area contributed by atoms with Crippen LogP contribution >= 0.6 is 0 Å². The number of hydrogen-bond acceptors (Lipinski definition) is 10. The van der Waals surface area contributed by atoms with Crippen LogP contribution in [-0.4, -0.2) is 119 Å². The first kappa shape index (κ1) is 36.3. The van der Waals surface area contributed by atoms with Crippen LogP contribution in [0.2, 0.25) is 6.55 Å². The molecule has 218 valence electrons. The largest absolute Gasteiger partial charge is 0.398 e. The van der Waals surface area contributed by atoms with Crippen molar-refractivity contribution in [3.8, 4) is 0 Å². The second kappa shape index (κ2) is 24.3. The molecule has 2 rings (SSSR count). The maximum Gasteiger partial charge on any atom is 0.351 e. The van der Waals surface area contributed by atoms with Gasteiger partial charge in [-0.25, -0.2) is 0 Å². The summed E-state index contributed by atoms with van der Waals surface area (Å²) < 4.78 is 53.8. The van der Waals surface area contributed by atoms with E-state index in [0.717, 1.165) is 39.3 Å². The lowest BCUT2D eigenvalue weighted by Gasteiger charge is -2.23. The van der Waals surface area contributed by atoms with Crippen LogP contribution in [0.1, 0.15) is 54.4 Å². The first-order chi connectivity index (χ1) is 17.4. The van der Waals surface area contributed by atoms with Gasteiger partial charge in [-0.1, -0.05) is 13.8 Å². The van der Waals surface area contributed by atoms with Gasteiger partial charge >= 0.3 is 27.9 Å². The molecule has 2 saturated heterocycles. The summed E-state index contributed by atoms with van der Waals surface area (Å²) in [6, 6.07) is 0. The lowest BCUT2D eigenvalue weighted by molar-refractivity contribution is 0.0499. The fourth-order valence-electron chi connectivity index (χ4n) is 3.08. The number of ether oxygens (including phenoxy) is 4. The molecule has 4 unspecified atom stereocenters. The van der Waals surface area contributed by atoms with Gasteiger partial charge in [-0.05, 0) is 47.1 Å². The second-order valence-corrected chi connectivity index (χ2v) is 14.4. The summed E-state index contributed by atoms with van der Waals surface area (Å²) in [6.45, 7) is 20.2. The minimum Gasteiger partial charge on any atom is -0.398 e. The van der Waals surface area contributed by atoms with Gasteiger partial charge in [-0.3, -0.25) is 0 Å². The Balaban J connectivity index is 0.000000535. The van der Waals surface area contributed by atoms with Crippen LogP contribution in [0.15, 0.2) is 0 Å². The summed E-state index contributed by atoms with van der Waals surface area (Å²) in [7, 11) is -1.11. The molecule has 0 bridgehead atoms. The van der Waals surface area contributed by atoms with Crippen LogP contribution in [0.4, 0.5) is 0 Å². The number of epoxide rings is 2. The first-order valence-electron chi connectivity index (χ1n) is 13.4. The Morgan fingerprint density at radius 3 is 1.28 bits per heavy atom. The molecular formula is C23H54O10Si3. The monoisotopic (exact) mass is 574 g/mol. The van der Waals surface area contributed by atoms with Crippen LogP contribution in [0.25, 0.3) is 0 Å². The second-order valence-electron chi connectivity index (χ2n) is 8.07. The van der Waals surface area contributed by atoms with Crippen LogP contribution in [-0.2, 0) is 45.5 Å². The molecule has 2 fully saturated rings. The molecule has 2 aliphatic heterocycles. The highest BCUT2D eigenvalue weighted by Gasteiger charge is 2.30. The van der Waals surface area contributed by atoms with Gasteiger partial charge in [0.2, 0.25) is 0 Å². The van der Waals surface area contributed by atoms with E-state index < -0.39 is 27.9 Å². The molecule has 10 nitrogen and oxygen atoms in total. The van der Waals surface area contributed by atoms with Crippen molar-refractivity contribution in [2.75, 3.05) is 67.1 Å². The number of rotatable bonds is 20.